The molecule has 180 valence electrons. The molecule has 0 aliphatic carbocycles. The first-order valence-corrected chi connectivity index (χ1v) is 12.5. The van der Waals surface area contributed by atoms with E-state index in [-0.39, 0.29) is 28.8 Å². The lowest BCUT2D eigenvalue weighted by atomic mass is 10.2. The topological polar surface area (TPSA) is 124 Å². The summed E-state index contributed by atoms with van der Waals surface area (Å²) in [6.07, 6.45) is 4.31. The molecule has 11 heteroatoms. The molecule has 0 radical (unpaired) electrons. The van der Waals surface area contributed by atoms with E-state index >= 15 is 0 Å². The van der Waals surface area contributed by atoms with Crippen molar-refractivity contribution in [3.05, 3.63) is 58.8 Å². The van der Waals surface area contributed by atoms with E-state index in [1.54, 1.807) is 42.0 Å². The number of nitrogens with zero attached hydrogens (tertiary/aromatic N) is 3. The van der Waals surface area contributed by atoms with Crippen molar-refractivity contribution in [2.75, 3.05) is 25.0 Å². The predicted molar refractivity (Wildman–Crippen MR) is 127 cm³/mol. The summed E-state index contributed by atoms with van der Waals surface area (Å²) in [7, 11) is -3.77. The minimum Gasteiger partial charge on any atom is -0.492 e. The van der Waals surface area contributed by atoms with Crippen molar-refractivity contribution in [2.45, 2.75) is 37.6 Å². The molecule has 1 fully saturated rings. The number of piperidine rings is 1. The third kappa shape index (κ3) is 4.90. The number of fused-ring (bicyclic) bond motifs is 1. The summed E-state index contributed by atoms with van der Waals surface area (Å²) in [6.45, 7) is 2.98. The molecule has 0 spiro atoms. The fourth-order valence-corrected chi connectivity index (χ4v) is 5.77. The van der Waals surface area contributed by atoms with Gasteiger partial charge in [-0.15, -0.1) is 0 Å². The van der Waals surface area contributed by atoms with Crippen LogP contribution in [0.3, 0.4) is 0 Å². The van der Waals surface area contributed by atoms with E-state index in [0.717, 1.165) is 19.3 Å². The maximum atomic E-state index is 13.3. The van der Waals surface area contributed by atoms with Gasteiger partial charge in [0, 0.05) is 48.0 Å². The van der Waals surface area contributed by atoms with Crippen LogP contribution in [-0.2, 0) is 21.4 Å². The van der Waals surface area contributed by atoms with Gasteiger partial charge in [0.2, 0.25) is 15.9 Å². The van der Waals surface area contributed by atoms with Crippen LogP contribution in [0.4, 0.5) is 11.4 Å². The molecule has 1 amide bonds. The van der Waals surface area contributed by atoms with Gasteiger partial charge in [0.05, 0.1) is 11.5 Å². The normalized spacial score (nSPS) is 14.7. The Balaban J connectivity index is 1.55. The number of non-ortho nitro benzene ring substituents is 1. The van der Waals surface area contributed by atoms with E-state index in [1.165, 1.54) is 22.5 Å². The first kappa shape index (κ1) is 23.7. The molecule has 0 unspecified atom stereocenters. The highest BCUT2D eigenvalue weighted by Gasteiger charge is 2.29. The lowest BCUT2D eigenvalue weighted by Gasteiger charge is -2.27. The molecule has 34 heavy (non-hydrogen) atoms. The maximum absolute atomic E-state index is 13.3. The summed E-state index contributed by atoms with van der Waals surface area (Å²) in [5.41, 5.74) is 1.00. The van der Waals surface area contributed by atoms with Gasteiger partial charge in [-0.1, -0.05) is 6.42 Å². The highest BCUT2D eigenvalue weighted by atomic mass is 32.2. The molecule has 10 nitrogen and oxygen atoms in total. The van der Waals surface area contributed by atoms with Crippen LogP contribution in [0.5, 0.6) is 5.75 Å². The lowest BCUT2D eigenvalue weighted by Crippen LogP contribution is -2.35. The fourth-order valence-electron chi connectivity index (χ4n) is 4.10. The Bertz CT molecular complexity index is 1330. The summed E-state index contributed by atoms with van der Waals surface area (Å²) in [5, 5.41) is 14.4. The number of nitrogens with one attached hydrogen (secondary N) is 1. The summed E-state index contributed by atoms with van der Waals surface area (Å²) in [5.74, 6) is -0.106. The molecule has 2 aromatic carbocycles. The highest BCUT2D eigenvalue weighted by Crippen LogP contribution is 2.31. The molecule has 0 bridgehead atoms. The average Bonchev–Trinajstić information content (AvgIpc) is 3.22. The Kier molecular flexibility index (Phi) is 6.85. The van der Waals surface area contributed by atoms with Crippen LogP contribution in [0, 0.1) is 10.1 Å². The smallest absolute Gasteiger partial charge is 0.270 e. The van der Waals surface area contributed by atoms with Crippen molar-refractivity contribution >= 4 is 38.2 Å². The summed E-state index contributed by atoms with van der Waals surface area (Å²) in [6, 6.07) is 10.7. The molecule has 1 aliphatic heterocycles. The second-order valence-corrected chi connectivity index (χ2v) is 9.96. The van der Waals surface area contributed by atoms with Crippen molar-refractivity contribution < 1.29 is 22.9 Å². The van der Waals surface area contributed by atoms with Gasteiger partial charge >= 0.3 is 0 Å². The van der Waals surface area contributed by atoms with Crippen LogP contribution >= 0.6 is 0 Å². The van der Waals surface area contributed by atoms with Crippen molar-refractivity contribution in [3.8, 4) is 5.75 Å². The van der Waals surface area contributed by atoms with Crippen LogP contribution in [0.2, 0.25) is 0 Å². The van der Waals surface area contributed by atoms with Gasteiger partial charge in [0.25, 0.3) is 5.69 Å². The lowest BCUT2D eigenvalue weighted by molar-refractivity contribution is -0.384. The highest BCUT2D eigenvalue weighted by molar-refractivity contribution is 7.89. The molecular weight excluding hydrogens is 460 g/mol. The molecule has 1 N–H and O–H groups in total. The molecule has 1 aromatic heterocycles. The van der Waals surface area contributed by atoms with E-state index in [1.807, 2.05) is 0 Å². The molecule has 4 rings (SSSR count). The van der Waals surface area contributed by atoms with E-state index in [9.17, 15) is 23.3 Å². The zero-order valence-corrected chi connectivity index (χ0v) is 19.6. The summed E-state index contributed by atoms with van der Waals surface area (Å²) < 4.78 is 35.3. The summed E-state index contributed by atoms with van der Waals surface area (Å²) >= 11 is 0. The van der Waals surface area contributed by atoms with E-state index in [2.05, 4.69) is 5.32 Å². The van der Waals surface area contributed by atoms with Crippen molar-refractivity contribution in [2.24, 2.45) is 0 Å². The molecule has 1 saturated heterocycles. The van der Waals surface area contributed by atoms with Crippen molar-refractivity contribution in [1.82, 2.24) is 8.87 Å². The van der Waals surface area contributed by atoms with Gasteiger partial charge in [-0.2, -0.15) is 4.31 Å². The Morgan fingerprint density at radius 2 is 1.88 bits per heavy atom. The number of carbonyl (C=O) groups excluding carboxylic acids is 1. The van der Waals surface area contributed by atoms with Gasteiger partial charge in [0.15, 0.2) is 0 Å². The monoisotopic (exact) mass is 486 g/mol. The van der Waals surface area contributed by atoms with Crippen LogP contribution in [0.1, 0.15) is 26.2 Å². The van der Waals surface area contributed by atoms with Crippen molar-refractivity contribution in [1.29, 1.82) is 0 Å². The molecule has 0 atom stereocenters. The number of hydrogen-bond donors (Lipinski definition) is 1. The Labute approximate surface area is 197 Å². The first-order valence-electron chi connectivity index (χ1n) is 11.1. The van der Waals surface area contributed by atoms with Crippen LogP contribution in [0.25, 0.3) is 10.9 Å². The van der Waals surface area contributed by atoms with Gasteiger partial charge < -0.3 is 14.6 Å². The number of rotatable bonds is 8. The van der Waals surface area contributed by atoms with Gasteiger partial charge in [-0.25, -0.2) is 8.42 Å². The van der Waals surface area contributed by atoms with Crippen molar-refractivity contribution in [3.63, 3.8) is 0 Å². The van der Waals surface area contributed by atoms with Crippen LogP contribution < -0.4 is 10.1 Å². The SMILES string of the molecule is CCOc1ccc(NC(=O)Cn2ccc3cc([N+](=O)[O-])ccc32)cc1S(=O)(=O)N1CCCCC1. The van der Waals surface area contributed by atoms with Crippen LogP contribution in [-0.4, -0.2) is 47.8 Å². The second-order valence-electron chi connectivity index (χ2n) is 8.05. The second kappa shape index (κ2) is 9.82. The number of amides is 1. The quantitative estimate of drug-likeness (QED) is 0.382. The van der Waals surface area contributed by atoms with E-state index < -0.39 is 14.9 Å². The zero-order valence-electron chi connectivity index (χ0n) is 18.8. The number of carbonyl (C=O) groups is 1. The molecule has 3 aromatic rings. The Hall–Kier alpha value is -3.44. The number of sulfonamides is 1. The predicted octanol–water partition coefficient (Wildman–Crippen LogP) is 3.76. The number of aromatic nitrogens is 1. The molecular formula is C23H26N4O6S. The minimum atomic E-state index is -3.77. The minimum absolute atomic E-state index is 0.0217. The molecule has 1 aliphatic rings. The van der Waals surface area contributed by atoms with E-state index in [4.69, 9.17) is 4.74 Å². The Morgan fingerprint density at radius 1 is 1.12 bits per heavy atom. The van der Waals surface area contributed by atoms with Crippen LogP contribution in [0.15, 0.2) is 53.6 Å². The first-order chi connectivity index (χ1) is 16.3. The fraction of sp³-hybridized carbons (Fsp3) is 0.348. The average molecular weight is 487 g/mol. The Morgan fingerprint density at radius 3 is 2.59 bits per heavy atom. The largest absolute Gasteiger partial charge is 0.492 e. The van der Waals surface area contributed by atoms with Gasteiger partial charge in [-0.3, -0.25) is 14.9 Å². The van der Waals surface area contributed by atoms with E-state index in [0.29, 0.717) is 36.3 Å². The number of nitro benzene ring substituents is 1. The number of anilines is 1. The molecule has 2 heterocycles. The maximum Gasteiger partial charge on any atom is 0.270 e. The molecule has 0 saturated carbocycles. The number of benzene rings is 2. The number of ether oxygens (including phenoxy) is 1. The van der Waals surface area contributed by atoms with Gasteiger partial charge in [-0.05, 0) is 50.1 Å². The zero-order chi connectivity index (χ0) is 24.3. The number of nitro groups is 1. The third-order valence-corrected chi connectivity index (χ3v) is 7.66. The standard InChI is InChI=1S/C23H26N4O6S/c1-2-33-21-9-6-18(15-22(21)34(31,32)26-11-4-3-5-12-26)24-23(28)16-25-13-10-17-14-19(27(29)30)7-8-20(17)25/h6-10,13-15H,2-5,11-12,16H2,1H3,(H,24,28). The number of hydrogen-bond acceptors (Lipinski definition) is 6. The third-order valence-electron chi connectivity index (χ3n) is 5.74. The van der Waals surface area contributed by atoms with Gasteiger partial charge in [0.1, 0.15) is 17.2 Å². The summed E-state index contributed by atoms with van der Waals surface area (Å²) in [4.78, 5) is 23.3.